The van der Waals surface area contributed by atoms with Gasteiger partial charge < -0.3 is 15.1 Å². The van der Waals surface area contributed by atoms with Crippen molar-refractivity contribution in [3.05, 3.63) is 41.6 Å². The Kier molecular flexibility index (Phi) is 4.59. The van der Waals surface area contributed by atoms with E-state index in [-0.39, 0.29) is 5.91 Å². The van der Waals surface area contributed by atoms with Crippen molar-refractivity contribution in [2.24, 2.45) is 0 Å². The summed E-state index contributed by atoms with van der Waals surface area (Å²) in [5, 5.41) is 3.43. The van der Waals surface area contributed by atoms with E-state index in [1.807, 2.05) is 42.2 Å². The van der Waals surface area contributed by atoms with E-state index < -0.39 is 0 Å². The quantitative estimate of drug-likeness (QED) is 0.917. The summed E-state index contributed by atoms with van der Waals surface area (Å²) in [6.07, 6.45) is 2.42. The molecule has 0 bridgehead atoms. The molecule has 2 heterocycles. The summed E-state index contributed by atoms with van der Waals surface area (Å²) >= 11 is 0. The number of aromatic nitrogens is 2. The lowest BCUT2D eigenvalue weighted by molar-refractivity contribution is 0.0664. The van der Waals surface area contributed by atoms with Crippen molar-refractivity contribution >= 4 is 11.7 Å². The van der Waals surface area contributed by atoms with Gasteiger partial charge in [0.1, 0.15) is 5.82 Å². The summed E-state index contributed by atoms with van der Waals surface area (Å²) in [7, 11) is 2.09. The predicted octanol–water partition coefficient (Wildman–Crippen LogP) is 2.41. The fourth-order valence-electron chi connectivity index (χ4n) is 3.16. The Labute approximate surface area is 154 Å². The second-order valence-electron chi connectivity index (χ2n) is 7.31. The van der Waals surface area contributed by atoms with E-state index in [4.69, 9.17) is 0 Å². The molecule has 1 aliphatic carbocycles. The van der Waals surface area contributed by atoms with Crippen LogP contribution in [0, 0.1) is 6.92 Å². The molecule has 1 amide bonds. The molecular weight excluding hydrogens is 326 g/mol. The highest BCUT2D eigenvalue weighted by Crippen LogP contribution is 2.25. The van der Waals surface area contributed by atoms with Gasteiger partial charge >= 0.3 is 0 Å². The second-order valence-corrected chi connectivity index (χ2v) is 7.31. The highest BCUT2D eigenvalue weighted by molar-refractivity contribution is 5.94. The number of rotatable bonds is 4. The molecule has 136 valence electrons. The Bertz CT molecular complexity index is 792. The monoisotopic (exact) mass is 351 g/mol. The largest absolute Gasteiger partial charge is 0.367 e. The van der Waals surface area contributed by atoms with Crippen molar-refractivity contribution in [1.82, 2.24) is 19.8 Å². The highest BCUT2D eigenvalue weighted by Gasteiger charge is 2.22. The molecule has 1 saturated heterocycles. The molecule has 0 unspecified atom stereocenters. The molecule has 1 N–H and O–H groups in total. The Morgan fingerprint density at radius 2 is 1.77 bits per heavy atom. The van der Waals surface area contributed by atoms with Gasteiger partial charge in [0, 0.05) is 55.1 Å². The summed E-state index contributed by atoms with van der Waals surface area (Å²) in [5.74, 6) is 1.69. The van der Waals surface area contributed by atoms with E-state index in [9.17, 15) is 4.79 Å². The Hall–Kier alpha value is -2.47. The van der Waals surface area contributed by atoms with Crippen LogP contribution in [0.25, 0.3) is 11.4 Å². The van der Waals surface area contributed by atoms with Crippen molar-refractivity contribution in [1.29, 1.82) is 0 Å². The fraction of sp³-hybridized carbons (Fsp3) is 0.450. The normalized spacial score (nSPS) is 18.0. The van der Waals surface area contributed by atoms with Gasteiger partial charge in [0.05, 0.1) is 0 Å². The first-order chi connectivity index (χ1) is 12.6. The van der Waals surface area contributed by atoms with Gasteiger partial charge in [-0.05, 0) is 38.9 Å². The van der Waals surface area contributed by atoms with Crippen molar-refractivity contribution in [3.8, 4) is 11.4 Å². The average Bonchev–Trinajstić information content (AvgIpc) is 3.45. The van der Waals surface area contributed by atoms with Gasteiger partial charge in [0.25, 0.3) is 5.91 Å². The first kappa shape index (κ1) is 17.0. The number of amides is 1. The fourth-order valence-corrected chi connectivity index (χ4v) is 3.16. The number of benzene rings is 1. The lowest BCUT2D eigenvalue weighted by atomic mass is 10.1. The zero-order chi connectivity index (χ0) is 18.1. The molecule has 2 fully saturated rings. The van der Waals surface area contributed by atoms with Crippen LogP contribution in [-0.4, -0.2) is 64.9 Å². The van der Waals surface area contributed by atoms with Crippen molar-refractivity contribution < 1.29 is 4.79 Å². The van der Waals surface area contributed by atoms with E-state index in [0.29, 0.717) is 11.9 Å². The molecular formula is C20H25N5O. The molecule has 6 nitrogen and oxygen atoms in total. The molecule has 1 aliphatic heterocycles. The van der Waals surface area contributed by atoms with Crippen LogP contribution in [0.4, 0.5) is 5.82 Å². The van der Waals surface area contributed by atoms with Crippen LogP contribution in [0.5, 0.6) is 0 Å². The van der Waals surface area contributed by atoms with Gasteiger partial charge in [0.15, 0.2) is 5.82 Å². The summed E-state index contributed by atoms with van der Waals surface area (Å²) in [5.41, 5.74) is 2.60. The minimum Gasteiger partial charge on any atom is -0.367 e. The first-order valence-electron chi connectivity index (χ1n) is 9.29. The Morgan fingerprint density at radius 1 is 1.08 bits per heavy atom. The molecule has 0 atom stereocenters. The number of likely N-dealkylation sites (N-methyl/N-ethyl adjacent to an activating group) is 1. The van der Waals surface area contributed by atoms with Crippen LogP contribution in [0.2, 0.25) is 0 Å². The number of aryl methyl sites for hydroxylation is 1. The molecule has 4 rings (SSSR count). The van der Waals surface area contributed by atoms with Crippen molar-refractivity contribution in [2.45, 2.75) is 25.8 Å². The number of hydrogen-bond acceptors (Lipinski definition) is 5. The number of nitrogens with one attached hydrogen (secondary N) is 1. The Morgan fingerprint density at radius 3 is 2.42 bits per heavy atom. The van der Waals surface area contributed by atoms with Crippen LogP contribution in [0.15, 0.2) is 30.3 Å². The van der Waals surface area contributed by atoms with Gasteiger partial charge in [-0.2, -0.15) is 0 Å². The molecule has 2 aromatic rings. The van der Waals surface area contributed by atoms with Crippen LogP contribution in [0.3, 0.4) is 0 Å². The maximum Gasteiger partial charge on any atom is 0.253 e. The maximum absolute atomic E-state index is 12.7. The number of hydrogen-bond donors (Lipinski definition) is 1. The number of anilines is 1. The topological polar surface area (TPSA) is 61.4 Å². The molecule has 0 radical (unpaired) electrons. The summed E-state index contributed by atoms with van der Waals surface area (Å²) in [6, 6.07) is 10.2. The molecule has 2 aliphatic rings. The van der Waals surface area contributed by atoms with Gasteiger partial charge in [-0.1, -0.05) is 12.1 Å². The number of piperazine rings is 1. The lowest BCUT2D eigenvalue weighted by Crippen LogP contribution is -2.47. The molecule has 1 saturated carbocycles. The minimum atomic E-state index is 0.103. The summed E-state index contributed by atoms with van der Waals surface area (Å²) < 4.78 is 0. The third-order valence-electron chi connectivity index (χ3n) is 4.96. The molecule has 1 aromatic carbocycles. The SMILES string of the molecule is Cc1cc(NC2CC2)nc(-c2ccc(C(=O)N3CCN(C)CC3)cc2)n1. The van der Waals surface area contributed by atoms with Crippen molar-refractivity contribution in [2.75, 3.05) is 38.5 Å². The van der Waals surface area contributed by atoms with E-state index in [1.54, 1.807) is 0 Å². The smallest absolute Gasteiger partial charge is 0.253 e. The standard InChI is InChI=1S/C20H25N5O/c1-14-13-18(22-17-7-8-17)23-19(21-14)15-3-5-16(6-4-15)20(26)25-11-9-24(2)10-12-25/h3-6,13,17H,7-12H2,1-2H3,(H,21,22,23). The zero-order valence-electron chi connectivity index (χ0n) is 15.4. The van der Waals surface area contributed by atoms with E-state index in [2.05, 4.69) is 27.2 Å². The Balaban J connectivity index is 1.50. The average molecular weight is 351 g/mol. The molecule has 1 aromatic heterocycles. The molecule has 0 spiro atoms. The number of carbonyl (C=O) groups excluding carboxylic acids is 1. The predicted molar refractivity (Wildman–Crippen MR) is 102 cm³/mol. The van der Waals surface area contributed by atoms with Crippen LogP contribution in [0.1, 0.15) is 28.9 Å². The van der Waals surface area contributed by atoms with Gasteiger partial charge in [-0.15, -0.1) is 0 Å². The van der Waals surface area contributed by atoms with Crippen LogP contribution >= 0.6 is 0 Å². The van der Waals surface area contributed by atoms with Crippen LogP contribution < -0.4 is 5.32 Å². The van der Waals surface area contributed by atoms with Crippen LogP contribution in [-0.2, 0) is 0 Å². The minimum absolute atomic E-state index is 0.103. The number of carbonyl (C=O) groups is 1. The van der Waals surface area contributed by atoms with E-state index >= 15 is 0 Å². The van der Waals surface area contributed by atoms with Crippen molar-refractivity contribution in [3.63, 3.8) is 0 Å². The highest BCUT2D eigenvalue weighted by atomic mass is 16.2. The summed E-state index contributed by atoms with van der Waals surface area (Å²) in [4.78, 5) is 26.0. The zero-order valence-corrected chi connectivity index (χ0v) is 15.4. The third-order valence-corrected chi connectivity index (χ3v) is 4.96. The van der Waals surface area contributed by atoms with Gasteiger partial charge in [-0.25, -0.2) is 9.97 Å². The summed E-state index contributed by atoms with van der Waals surface area (Å²) in [6.45, 7) is 5.41. The van der Waals surface area contributed by atoms with Gasteiger partial charge in [0.2, 0.25) is 0 Å². The lowest BCUT2D eigenvalue weighted by Gasteiger charge is -2.32. The molecule has 6 heteroatoms. The number of nitrogens with zero attached hydrogens (tertiary/aromatic N) is 4. The first-order valence-corrected chi connectivity index (χ1v) is 9.29. The van der Waals surface area contributed by atoms with Gasteiger partial charge in [-0.3, -0.25) is 4.79 Å². The molecule has 26 heavy (non-hydrogen) atoms. The second kappa shape index (κ2) is 7.03. The third kappa shape index (κ3) is 3.85. The van der Waals surface area contributed by atoms with E-state index in [1.165, 1.54) is 12.8 Å². The maximum atomic E-state index is 12.7. The van der Waals surface area contributed by atoms with E-state index in [0.717, 1.165) is 48.8 Å².